The monoisotopic (exact) mass is 296 g/mol. The van der Waals surface area contributed by atoms with Crippen molar-refractivity contribution in [1.29, 1.82) is 0 Å². The Labute approximate surface area is 126 Å². The third-order valence-electron chi connectivity index (χ3n) is 5.45. The van der Waals surface area contributed by atoms with Crippen LogP contribution < -0.4 is 5.73 Å². The average Bonchev–Trinajstić information content (AvgIpc) is 2.76. The van der Waals surface area contributed by atoms with Crippen LogP contribution in [0.25, 0.3) is 0 Å². The Morgan fingerprint density at radius 1 is 1.30 bits per heavy atom. The molecule has 5 heteroatoms. The fourth-order valence-corrected chi connectivity index (χ4v) is 4.36. The molecule has 0 radical (unpaired) electrons. The molecule has 0 amide bonds. The number of piperidine rings is 1. The number of hydrogen-bond donors (Lipinski definition) is 1. The van der Waals surface area contributed by atoms with E-state index in [0.29, 0.717) is 5.92 Å². The fraction of sp³-hybridized carbons (Fsp3) is 0.800. The molecule has 4 nitrogen and oxygen atoms in total. The molecule has 0 aliphatic carbocycles. The Morgan fingerprint density at radius 3 is 2.40 bits per heavy atom. The predicted octanol–water partition coefficient (Wildman–Crippen LogP) is 2.12. The lowest BCUT2D eigenvalue weighted by molar-refractivity contribution is 0.120. The summed E-state index contributed by atoms with van der Waals surface area (Å²) in [6, 6.07) is 1.69. The second kappa shape index (κ2) is 5.32. The summed E-state index contributed by atoms with van der Waals surface area (Å²) in [5.74, 6) is 0.624. The summed E-state index contributed by atoms with van der Waals surface area (Å²) in [4.78, 5) is 2.56. The lowest BCUT2D eigenvalue weighted by Gasteiger charge is -2.38. The number of fused-ring (bicyclic) bond motifs is 2. The highest BCUT2D eigenvalue weighted by Gasteiger charge is 2.40. The number of halogens is 1. The summed E-state index contributed by atoms with van der Waals surface area (Å²) in [6.07, 6.45) is 6.02. The SMILES string of the molecule is Cc1nn(C)c(Cl)c1CC(N)C1CC2CCC(C1)N2C. The van der Waals surface area contributed by atoms with E-state index in [1.807, 2.05) is 14.0 Å². The van der Waals surface area contributed by atoms with E-state index in [1.165, 1.54) is 25.7 Å². The molecule has 2 aliphatic heterocycles. The van der Waals surface area contributed by atoms with Crippen LogP contribution in [0.3, 0.4) is 0 Å². The molecule has 2 aliphatic rings. The van der Waals surface area contributed by atoms with Gasteiger partial charge in [-0.1, -0.05) is 11.6 Å². The number of nitrogens with two attached hydrogens (primary N) is 1. The standard InChI is InChI=1S/C15H25ClN4/c1-9-13(15(16)20(3)18-9)8-14(17)10-6-11-4-5-12(7-10)19(11)2/h10-12,14H,4-8,17H2,1-3H3. The quantitative estimate of drug-likeness (QED) is 0.929. The minimum absolute atomic E-state index is 0.201. The molecular formula is C15H25ClN4. The summed E-state index contributed by atoms with van der Waals surface area (Å²) in [7, 11) is 4.16. The average molecular weight is 297 g/mol. The Balaban J connectivity index is 1.69. The summed E-state index contributed by atoms with van der Waals surface area (Å²) >= 11 is 6.33. The molecule has 3 atom stereocenters. The molecule has 1 aromatic rings. The molecule has 2 N–H and O–H groups in total. The largest absolute Gasteiger partial charge is 0.327 e. The Kier molecular flexibility index (Phi) is 3.82. The van der Waals surface area contributed by atoms with E-state index >= 15 is 0 Å². The number of rotatable bonds is 3. The zero-order valence-corrected chi connectivity index (χ0v) is 13.4. The first-order valence-corrected chi connectivity index (χ1v) is 8.00. The molecule has 0 spiro atoms. The van der Waals surface area contributed by atoms with Crippen LogP contribution in [0.2, 0.25) is 5.15 Å². The highest BCUT2D eigenvalue weighted by atomic mass is 35.5. The maximum absolute atomic E-state index is 6.51. The van der Waals surface area contributed by atoms with Crippen LogP contribution in [-0.2, 0) is 13.5 Å². The van der Waals surface area contributed by atoms with Crippen LogP contribution in [0, 0.1) is 12.8 Å². The molecular weight excluding hydrogens is 272 g/mol. The molecule has 3 heterocycles. The number of nitrogens with zero attached hydrogens (tertiary/aromatic N) is 3. The summed E-state index contributed by atoms with van der Waals surface area (Å²) in [5, 5.41) is 5.13. The van der Waals surface area contributed by atoms with Gasteiger partial charge in [-0.2, -0.15) is 5.10 Å². The smallest absolute Gasteiger partial charge is 0.130 e. The van der Waals surface area contributed by atoms with Crippen molar-refractivity contribution in [1.82, 2.24) is 14.7 Å². The van der Waals surface area contributed by atoms with Gasteiger partial charge in [0.25, 0.3) is 0 Å². The minimum atomic E-state index is 0.201. The van der Waals surface area contributed by atoms with E-state index in [-0.39, 0.29) is 6.04 Å². The number of aromatic nitrogens is 2. The van der Waals surface area contributed by atoms with Gasteiger partial charge in [-0.15, -0.1) is 0 Å². The van der Waals surface area contributed by atoms with Crippen LogP contribution in [-0.4, -0.2) is 39.9 Å². The van der Waals surface area contributed by atoms with Crippen LogP contribution >= 0.6 is 11.6 Å². The summed E-state index contributed by atoms with van der Waals surface area (Å²) in [6.45, 7) is 2.02. The van der Waals surface area contributed by atoms with Crippen molar-refractivity contribution in [2.45, 2.75) is 57.2 Å². The lowest BCUT2D eigenvalue weighted by Crippen LogP contribution is -2.46. The predicted molar refractivity (Wildman–Crippen MR) is 81.9 cm³/mol. The topological polar surface area (TPSA) is 47.1 Å². The van der Waals surface area contributed by atoms with Crippen LogP contribution in [0.1, 0.15) is 36.9 Å². The first-order valence-electron chi connectivity index (χ1n) is 7.62. The van der Waals surface area contributed by atoms with E-state index in [2.05, 4.69) is 17.0 Å². The second-order valence-corrected chi connectivity index (χ2v) is 6.99. The van der Waals surface area contributed by atoms with Gasteiger partial charge in [0.1, 0.15) is 5.15 Å². The molecule has 20 heavy (non-hydrogen) atoms. The first kappa shape index (κ1) is 14.4. The Bertz CT molecular complexity index is 484. The zero-order valence-electron chi connectivity index (χ0n) is 12.6. The van der Waals surface area contributed by atoms with E-state index < -0.39 is 0 Å². The Morgan fingerprint density at radius 2 is 1.90 bits per heavy atom. The van der Waals surface area contributed by atoms with Gasteiger partial charge in [0.05, 0.1) is 5.69 Å². The van der Waals surface area contributed by atoms with Gasteiger partial charge in [0, 0.05) is 30.7 Å². The minimum Gasteiger partial charge on any atom is -0.327 e. The highest BCUT2D eigenvalue weighted by Crippen LogP contribution is 2.39. The van der Waals surface area contributed by atoms with Crippen molar-refractivity contribution in [3.8, 4) is 0 Å². The molecule has 2 fully saturated rings. The third-order valence-corrected chi connectivity index (χ3v) is 5.92. The summed E-state index contributed by atoms with van der Waals surface area (Å²) < 4.78 is 1.75. The third kappa shape index (κ3) is 2.38. The second-order valence-electron chi connectivity index (χ2n) is 6.63. The van der Waals surface area contributed by atoms with Crippen molar-refractivity contribution in [2.75, 3.05) is 7.05 Å². The normalized spacial score (nSPS) is 31.8. The van der Waals surface area contributed by atoms with E-state index in [9.17, 15) is 0 Å². The fourth-order valence-electron chi connectivity index (χ4n) is 4.11. The highest BCUT2D eigenvalue weighted by molar-refractivity contribution is 6.30. The van der Waals surface area contributed by atoms with Gasteiger partial charge in [-0.05, 0) is 52.0 Å². The number of hydrogen-bond acceptors (Lipinski definition) is 3. The zero-order chi connectivity index (χ0) is 14.4. The molecule has 2 bridgehead atoms. The number of aryl methyl sites for hydroxylation is 2. The molecule has 2 saturated heterocycles. The van der Waals surface area contributed by atoms with Crippen LogP contribution in [0.15, 0.2) is 0 Å². The van der Waals surface area contributed by atoms with E-state index in [0.717, 1.165) is 34.9 Å². The van der Waals surface area contributed by atoms with E-state index in [1.54, 1.807) is 4.68 Å². The van der Waals surface area contributed by atoms with Gasteiger partial charge in [0.15, 0.2) is 0 Å². The van der Waals surface area contributed by atoms with Crippen molar-refractivity contribution in [2.24, 2.45) is 18.7 Å². The van der Waals surface area contributed by atoms with Gasteiger partial charge in [0.2, 0.25) is 0 Å². The van der Waals surface area contributed by atoms with E-state index in [4.69, 9.17) is 17.3 Å². The van der Waals surface area contributed by atoms with Gasteiger partial charge in [-0.25, -0.2) is 0 Å². The molecule has 3 unspecified atom stereocenters. The molecule has 3 rings (SSSR count). The van der Waals surface area contributed by atoms with Crippen LogP contribution in [0.4, 0.5) is 0 Å². The van der Waals surface area contributed by atoms with Gasteiger partial charge >= 0.3 is 0 Å². The Hall–Kier alpha value is -0.580. The van der Waals surface area contributed by atoms with Gasteiger partial charge in [-0.3, -0.25) is 4.68 Å². The molecule has 0 aromatic carbocycles. The molecule has 0 saturated carbocycles. The van der Waals surface area contributed by atoms with Crippen molar-refractivity contribution in [3.05, 3.63) is 16.4 Å². The maximum Gasteiger partial charge on any atom is 0.130 e. The van der Waals surface area contributed by atoms with Crippen molar-refractivity contribution < 1.29 is 0 Å². The van der Waals surface area contributed by atoms with Crippen molar-refractivity contribution >= 4 is 11.6 Å². The molecule has 1 aromatic heterocycles. The lowest BCUT2D eigenvalue weighted by atomic mass is 9.83. The summed E-state index contributed by atoms with van der Waals surface area (Å²) in [5.41, 5.74) is 8.66. The van der Waals surface area contributed by atoms with Crippen molar-refractivity contribution in [3.63, 3.8) is 0 Å². The first-order chi connectivity index (χ1) is 9.47. The van der Waals surface area contributed by atoms with Gasteiger partial charge < -0.3 is 10.6 Å². The van der Waals surface area contributed by atoms with Crippen LogP contribution in [0.5, 0.6) is 0 Å². The maximum atomic E-state index is 6.51. The molecule has 112 valence electrons.